The van der Waals surface area contributed by atoms with Crippen molar-refractivity contribution in [2.75, 3.05) is 6.54 Å². The number of nitrogens with zero attached hydrogens (tertiary/aromatic N) is 1. The van der Waals surface area contributed by atoms with E-state index in [2.05, 4.69) is 25.7 Å². The summed E-state index contributed by atoms with van der Waals surface area (Å²) in [5, 5.41) is 9.94. The molecule has 0 atom stereocenters. The van der Waals surface area contributed by atoms with Crippen LogP contribution in [0.3, 0.4) is 0 Å². The Balaban J connectivity index is 2.16. The minimum atomic E-state index is -0.774. The maximum absolute atomic E-state index is 10.8. The maximum atomic E-state index is 10.8. The highest BCUT2D eigenvalue weighted by Crippen LogP contribution is 2.23. The summed E-state index contributed by atoms with van der Waals surface area (Å²) in [4.78, 5) is 12.9. The van der Waals surface area contributed by atoms with E-state index >= 15 is 0 Å². The van der Waals surface area contributed by atoms with E-state index in [9.17, 15) is 4.79 Å². The van der Waals surface area contributed by atoms with Crippen molar-refractivity contribution in [3.63, 3.8) is 0 Å². The van der Waals surface area contributed by atoms with Gasteiger partial charge in [-0.25, -0.2) is 0 Å². The zero-order valence-corrected chi connectivity index (χ0v) is 12.2. The number of carbonyl (C=O) groups is 1. The zero-order valence-electron chi connectivity index (χ0n) is 12.2. The molecule has 20 heavy (non-hydrogen) atoms. The number of hydrogen-bond acceptors (Lipinski definition) is 3. The van der Waals surface area contributed by atoms with E-state index in [1.165, 1.54) is 0 Å². The number of hydrogen-bond donors (Lipinski definition) is 1. The second-order valence-corrected chi connectivity index (χ2v) is 5.99. The Bertz CT molecular complexity index is 562. The molecular formula is C16H21NO3. The smallest absolute Gasteiger partial charge is 0.304 e. The molecule has 0 spiro atoms. The zero-order chi connectivity index (χ0) is 14.8. The van der Waals surface area contributed by atoms with Crippen molar-refractivity contribution in [3.8, 4) is 0 Å². The quantitative estimate of drug-likeness (QED) is 0.907. The molecule has 1 heterocycles. The Morgan fingerprint density at radius 3 is 2.60 bits per heavy atom. The van der Waals surface area contributed by atoms with Gasteiger partial charge < -0.3 is 9.52 Å². The third-order valence-corrected chi connectivity index (χ3v) is 3.37. The summed E-state index contributed by atoms with van der Waals surface area (Å²) in [6.45, 7) is 7.37. The van der Waals surface area contributed by atoms with Crippen LogP contribution in [0, 0.1) is 0 Å². The predicted molar refractivity (Wildman–Crippen MR) is 78.6 cm³/mol. The monoisotopic (exact) mass is 275 g/mol. The van der Waals surface area contributed by atoms with Crippen LogP contribution in [0.25, 0.3) is 11.0 Å². The van der Waals surface area contributed by atoms with Gasteiger partial charge in [0.05, 0.1) is 13.0 Å². The highest BCUT2D eigenvalue weighted by atomic mass is 16.4. The molecule has 4 heteroatoms. The molecule has 108 valence electrons. The lowest BCUT2D eigenvalue weighted by atomic mass is 10.1. The van der Waals surface area contributed by atoms with Gasteiger partial charge in [0.15, 0.2) is 0 Å². The van der Waals surface area contributed by atoms with Gasteiger partial charge in [-0.05, 0) is 32.9 Å². The van der Waals surface area contributed by atoms with Crippen LogP contribution in [0.15, 0.2) is 34.7 Å². The summed E-state index contributed by atoms with van der Waals surface area (Å²) in [6.07, 6.45) is 0.136. The first-order valence-corrected chi connectivity index (χ1v) is 6.80. The van der Waals surface area contributed by atoms with Gasteiger partial charge >= 0.3 is 5.97 Å². The number of aliphatic carboxylic acids is 1. The number of fused-ring (bicyclic) bond motifs is 1. The number of carboxylic acids is 1. The molecule has 0 radical (unpaired) electrons. The van der Waals surface area contributed by atoms with Crippen molar-refractivity contribution < 1.29 is 14.3 Å². The summed E-state index contributed by atoms with van der Waals surface area (Å²) in [7, 11) is 0. The molecule has 1 aromatic heterocycles. The highest BCUT2D eigenvalue weighted by Gasteiger charge is 2.23. The van der Waals surface area contributed by atoms with Gasteiger partial charge in [0, 0.05) is 17.5 Å². The van der Waals surface area contributed by atoms with Crippen molar-refractivity contribution in [3.05, 3.63) is 36.1 Å². The largest absolute Gasteiger partial charge is 0.481 e. The van der Waals surface area contributed by atoms with E-state index in [0.29, 0.717) is 13.1 Å². The molecule has 0 saturated carbocycles. The van der Waals surface area contributed by atoms with Gasteiger partial charge in [0.1, 0.15) is 11.3 Å². The Labute approximate surface area is 119 Å². The van der Waals surface area contributed by atoms with E-state index in [1.54, 1.807) is 0 Å². The molecule has 2 aromatic rings. The summed E-state index contributed by atoms with van der Waals surface area (Å²) >= 11 is 0. The summed E-state index contributed by atoms with van der Waals surface area (Å²) < 4.78 is 5.81. The second-order valence-electron chi connectivity index (χ2n) is 5.99. The van der Waals surface area contributed by atoms with Crippen LogP contribution in [0.4, 0.5) is 0 Å². The first-order valence-electron chi connectivity index (χ1n) is 6.80. The fraction of sp³-hybridized carbons (Fsp3) is 0.438. The van der Waals surface area contributed by atoms with E-state index in [1.807, 2.05) is 30.3 Å². The van der Waals surface area contributed by atoms with Gasteiger partial charge in [0.2, 0.25) is 0 Å². The lowest BCUT2D eigenvalue weighted by Gasteiger charge is -2.34. The normalized spacial score (nSPS) is 12.2. The molecule has 4 nitrogen and oxygen atoms in total. The molecule has 0 fully saturated rings. The number of para-hydroxylation sites is 1. The molecule has 0 amide bonds. The van der Waals surface area contributed by atoms with Crippen LogP contribution in [0.2, 0.25) is 0 Å². The Morgan fingerprint density at radius 2 is 2.00 bits per heavy atom. The van der Waals surface area contributed by atoms with E-state index in [4.69, 9.17) is 9.52 Å². The number of furan rings is 1. The summed E-state index contributed by atoms with van der Waals surface area (Å²) in [6, 6.07) is 9.91. The molecule has 1 N–H and O–H groups in total. The molecule has 0 unspecified atom stereocenters. The third kappa shape index (κ3) is 3.61. The molecule has 0 bridgehead atoms. The number of benzene rings is 1. The molecule has 0 aliphatic rings. The molecule has 0 aliphatic heterocycles. The van der Waals surface area contributed by atoms with Gasteiger partial charge in [0.25, 0.3) is 0 Å². The van der Waals surface area contributed by atoms with Crippen molar-refractivity contribution in [1.29, 1.82) is 0 Å². The Morgan fingerprint density at radius 1 is 1.30 bits per heavy atom. The Kier molecular flexibility index (Phi) is 4.14. The summed E-state index contributed by atoms with van der Waals surface area (Å²) in [5.41, 5.74) is 0.767. The fourth-order valence-corrected chi connectivity index (χ4v) is 2.19. The van der Waals surface area contributed by atoms with Crippen LogP contribution in [0.5, 0.6) is 0 Å². The Hall–Kier alpha value is -1.81. The topological polar surface area (TPSA) is 53.7 Å². The molecular weight excluding hydrogens is 254 g/mol. The minimum absolute atomic E-state index is 0.103. The van der Waals surface area contributed by atoms with Crippen molar-refractivity contribution in [2.45, 2.75) is 39.3 Å². The van der Waals surface area contributed by atoms with Gasteiger partial charge in [-0.15, -0.1) is 0 Å². The van der Waals surface area contributed by atoms with Crippen LogP contribution >= 0.6 is 0 Å². The average molecular weight is 275 g/mol. The maximum Gasteiger partial charge on any atom is 0.304 e. The third-order valence-electron chi connectivity index (χ3n) is 3.37. The highest BCUT2D eigenvalue weighted by molar-refractivity contribution is 5.77. The average Bonchev–Trinajstić information content (AvgIpc) is 2.75. The van der Waals surface area contributed by atoms with Crippen molar-refractivity contribution in [2.24, 2.45) is 0 Å². The van der Waals surface area contributed by atoms with E-state index in [-0.39, 0.29) is 12.0 Å². The van der Waals surface area contributed by atoms with Gasteiger partial charge in [-0.2, -0.15) is 0 Å². The van der Waals surface area contributed by atoms with Crippen LogP contribution in [-0.2, 0) is 11.3 Å². The lowest BCUT2D eigenvalue weighted by Crippen LogP contribution is -2.41. The lowest BCUT2D eigenvalue weighted by molar-refractivity contribution is -0.137. The number of rotatable bonds is 5. The van der Waals surface area contributed by atoms with Crippen molar-refractivity contribution >= 4 is 16.9 Å². The first-order chi connectivity index (χ1) is 9.36. The SMILES string of the molecule is CC(C)(C)N(CCC(=O)O)Cc1cc2ccccc2o1. The van der Waals surface area contributed by atoms with Crippen LogP contribution < -0.4 is 0 Å². The molecule has 0 saturated heterocycles. The molecule has 1 aromatic carbocycles. The number of carboxylic acid groups (broad SMARTS) is 1. The minimum Gasteiger partial charge on any atom is -0.481 e. The van der Waals surface area contributed by atoms with Gasteiger partial charge in [-0.3, -0.25) is 9.69 Å². The first kappa shape index (κ1) is 14.6. The van der Waals surface area contributed by atoms with Crippen LogP contribution in [0.1, 0.15) is 33.0 Å². The fourth-order valence-electron chi connectivity index (χ4n) is 2.19. The second kappa shape index (κ2) is 5.67. The van der Waals surface area contributed by atoms with E-state index < -0.39 is 5.97 Å². The van der Waals surface area contributed by atoms with Gasteiger partial charge in [-0.1, -0.05) is 18.2 Å². The van der Waals surface area contributed by atoms with Crippen LogP contribution in [-0.4, -0.2) is 28.1 Å². The molecule has 0 aliphatic carbocycles. The predicted octanol–water partition coefficient (Wildman–Crippen LogP) is 3.51. The molecule has 2 rings (SSSR count). The van der Waals surface area contributed by atoms with E-state index in [0.717, 1.165) is 16.7 Å². The summed E-state index contributed by atoms with van der Waals surface area (Å²) in [5.74, 6) is 0.0929. The van der Waals surface area contributed by atoms with Crippen molar-refractivity contribution in [1.82, 2.24) is 4.90 Å². The standard InChI is InChI=1S/C16H21NO3/c1-16(2,3)17(9-8-15(18)19)11-13-10-12-6-4-5-7-14(12)20-13/h4-7,10H,8-9,11H2,1-3H3,(H,18,19).